The third-order valence-corrected chi connectivity index (χ3v) is 2.92. The van der Waals surface area contributed by atoms with Gasteiger partial charge in [0.15, 0.2) is 0 Å². The molecule has 0 aromatic heterocycles. The summed E-state index contributed by atoms with van der Waals surface area (Å²) in [4.78, 5) is 14.2. The van der Waals surface area contributed by atoms with Crippen molar-refractivity contribution in [2.45, 2.75) is 26.2 Å². The van der Waals surface area contributed by atoms with E-state index in [9.17, 15) is 4.79 Å². The normalized spacial score (nSPS) is 12.2. The molecular weight excluding hydrogens is 212 g/mol. The molecule has 0 spiro atoms. The molecule has 1 rings (SSSR count). The van der Waals surface area contributed by atoms with Gasteiger partial charge in [-0.2, -0.15) is 0 Å². The number of likely N-dealkylation sites (N-methyl/N-ethyl adjacent to an activating group) is 1. The zero-order valence-electron chi connectivity index (χ0n) is 10.7. The van der Waals surface area contributed by atoms with Crippen molar-refractivity contribution >= 4 is 5.91 Å². The van der Waals surface area contributed by atoms with Crippen molar-refractivity contribution < 1.29 is 4.79 Å². The van der Waals surface area contributed by atoms with E-state index >= 15 is 0 Å². The fourth-order valence-corrected chi connectivity index (χ4v) is 1.98. The minimum atomic E-state index is -0.206. The van der Waals surface area contributed by atoms with Crippen LogP contribution >= 0.6 is 0 Å². The highest BCUT2D eigenvalue weighted by molar-refractivity contribution is 5.84. The Morgan fingerprint density at radius 3 is 2.41 bits per heavy atom. The summed E-state index contributed by atoms with van der Waals surface area (Å²) in [6.45, 7) is 6.00. The summed E-state index contributed by atoms with van der Waals surface area (Å²) < 4.78 is 0. The standard InChI is InChI=1S/C14H22N2O/c1-3-10-16(4-2)14(17)13(11-15)12-8-6-5-7-9-12/h5-9,13H,3-4,10-11,15H2,1-2H3. The van der Waals surface area contributed by atoms with Crippen LogP contribution in [0.1, 0.15) is 31.7 Å². The molecule has 0 radical (unpaired) electrons. The fourth-order valence-electron chi connectivity index (χ4n) is 1.98. The molecule has 3 heteroatoms. The maximum absolute atomic E-state index is 12.3. The lowest BCUT2D eigenvalue weighted by Crippen LogP contribution is -2.38. The van der Waals surface area contributed by atoms with Gasteiger partial charge in [-0.1, -0.05) is 37.3 Å². The van der Waals surface area contributed by atoms with Crippen LogP contribution in [-0.4, -0.2) is 30.4 Å². The highest BCUT2D eigenvalue weighted by Gasteiger charge is 2.22. The van der Waals surface area contributed by atoms with Gasteiger partial charge >= 0.3 is 0 Å². The topological polar surface area (TPSA) is 46.3 Å². The number of nitrogens with two attached hydrogens (primary N) is 1. The Balaban J connectivity index is 2.83. The van der Waals surface area contributed by atoms with Crippen molar-refractivity contribution in [2.75, 3.05) is 19.6 Å². The largest absolute Gasteiger partial charge is 0.342 e. The zero-order valence-corrected chi connectivity index (χ0v) is 10.7. The quantitative estimate of drug-likeness (QED) is 0.818. The van der Waals surface area contributed by atoms with Crippen LogP contribution in [-0.2, 0) is 4.79 Å². The highest BCUT2D eigenvalue weighted by Crippen LogP contribution is 2.17. The van der Waals surface area contributed by atoms with Crippen LogP contribution in [0.25, 0.3) is 0 Å². The SMILES string of the molecule is CCCN(CC)C(=O)C(CN)c1ccccc1. The van der Waals surface area contributed by atoms with Gasteiger partial charge < -0.3 is 10.6 Å². The second kappa shape index (κ2) is 7.07. The predicted octanol–water partition coefficient (Wildman–Crippen LogP) is 1.99. The van der Waals surface area contributed by atoms with Crippen LogP contribution in [0.15, 0.2) is 30.3 Å². The van der Waals surface area contributed by atoms with E-state index in [1.165, 1.54) is 0 Å². The second-order valence-corrected chi connectivity index (χ2v) is 4.12. The third kappa shape index (κ3) is 3.56. The molecule has 0 aliphatic rings. The fraction of sp³-hybridized carbons (Fsp3) is 0.500. The van der Waals surface area contributed by atoms with Gasteiger partial charge in [0, 0.05) is 19.6 Å². The van der Waals surface area contributed by atoms with Crippen molar-refractivity contribution in [1.82, 2.24) is 4.90 Å². The minimum Gasteiger partial charge on any atom is -0.342 e. The smallest absolute Gasteiger partial charge is 0.231 e. The minimum absolute atomic E-state index is 0.142. The Bertz CT molecular complexity index is 337. The number of nitrogens with zero attached hydrogens (tertiary/aromatic N) is 1. The van der Waals surface area contributed by atoms with E-state index in [4.69, 9.17) is 5.73 Å². The van der Waals surface area contributed by atoms with Gasteiger partial charge in [-0.3, -0.25) is 4.79 Å². The molecule has 0 saturated heterocycles. The van der Waals surface area contributed by atoms with E-state index in [0.29, 0.717) is 6.54 Å². The molecule has 1 unspecified atom stereocenters. The van der Waals surface area contributed by atoms with Crippen molar-refractivity contribution in [2.24, 2.45) is 5.73 Å². The molecule has 3 nitrogen and oxygen atoms in total. The number of carbonyl (C=O) groups is 1. The summed E-state index contributed by atoms with van der Waals surface area (Å²) in [5.41, 5.74) is 6.76. The second-order valence-electron chi connectivity index (χ2n) is 4.12. The first kappa shape index (κ1) is 13.7. The molecule has 0 bridgehead atoms. The Hall–Kier alpha value is -1.35. The maximum atomic E-state index is 12.3. The van der Waals surface area contributed by atoms with Crippen LogP contribution in [0.5, 0.6) is 0 Å². The van der Waals surface area contributed by atoms with Gasteiger partial charge in [0.2, 0.25) is 5.91 Å². The summed E-state index contributed by atoms with van der Waals surface area (Å²) in [6.07, 6.45) is 0.978. The average Bonchev–Trinajstić information content (AvgIpc) is 2.38. The Labute approximate surface area is 104 Å². The van der Waals surface area contributed by atoms with Crippen molar-refractivity contribution in [3.05, 3.63) is 35.9 Å². The number of carbonyl (C=O) groups excluding carboxylic acids is 1. The molecule has 0 heterocycles. The summed E-state index contributed by atoms with van der Waals surface area (Å²) in [5.74, 6) is -0.0641. The number of benzene rings is 1. The van der Waals surface area contributed by atoms with Gasteiger partial charge in [-0.05, 0) is 18.9 Å². The van der Waals surface area contributed by atoms with Crippen molar-refractivity contribution in [3.8, 4) is 0 Å². The van der Waals surface area contributed by atoms with Crippen LogP contribution in [0.3, 0.4) is 0 Å². The maximum Gasteiger partial charge on any atom is 0.231 e. The average molecular weight is 234 g/mol. The van der Waals surface area contributed by atoms with Crippen molar-refractivity contribution in [1.29, 1.82) is 0 Å². The number of hydrogen-bond acceptors (Lipinski definition) is 2. The van der Waals surface area contributed by atoms with Crippen molar-refractivity contribution in [3.63, 3.8) is 0 Å². The lowest BCUT2D eigenvalue weighted by molar-refractivity contribution is -0.132. The molecule has 2 N–H and O–H groups in total. The first-order valence-corrected chi connectivity index (χ1v) is 6.28. The summed E-state index contributed by atoms with van der Waals surface area (Å²) >= 11 is 0. The Morgan fingerprint density at radius 2 is 1.94 bits per heavy atom. The van der Waals surface area contributed by atoms with Gasteiger partial charge in [0.05, 0.1) is 5.92 Å². The molecule has 1 aromatic carbocycles. The monoisotopic (exact) mass is 234 g/mol. The lowest BCUT2D eigenvalue weighted by Gasteiger charge is -2.25. The molecule has 0 aliphatic heterocycles. The molecule has 1 amide bonds. The molecule has 0 fully saturated rings. The van der Waals surface area contributed by atoms with Crippen LogP contribution in [0, 0.1) is 0 Å². The summed E-state index contributed by atoms with van der Waals surface area (Å²) in [7, 11) is 0. The van der Waals surface area contributed by atoms with E-state index in [2.05, 4.69) is 6.92 Å². The number of hydrogen-bond donors (Lipinski definition) is 1. The zero-order chi connectivity index (χ0) is 12.7. The third-order valence-electron chi connectivity index (χ3n) is 2.92. The van der Waals surface area contributed by atoms with E-state index in [1.807, 2.05) is 42.2 Å². The first-order chi connectivity index (χ1) is 8.24. The molecular formula is C14H22N2O. The molecule has 94 valence electrons. The molecule has 0 aliphatic carbocycles. The van der Waals surface area contributed by atoms with Gasteiger partial charge in [0.25, 0.3) is 0 Å². The van der Waals surface area contributed by atoms with E-state index < -0.39 is 0 Å². The predicted molar refractivity (Wildman–Crippen MR) is 70.8 cm³/mol. The van der Waals surface area contributed by atoms with E-state index in [-0.39, 0.29) is 11.8 Å². The van der Waals surface area contributed by atoms with E-state index in [0.717, 1.165) is 25.1 Å². The molecule has 1 aromatic rings. The van der Waals surface area contributed by atoms with Crippen LogP contribution in [0.4, 0.5) is 0 Å². The Morgan fingerprint density at radius 1 is 1.29 bits per heavy atom. The lowest BCUT2D eigenvalue weighted by atomic mass is 9.97. The Kier molecular flexibility index (Phi) is 5.70. The number of amides is 1. The summed E-state index contributed by atoms with van der Waals surface area (Å²) in [5, 5.41) is 0. The van der Waals surface area contributed by atoms with Gasteiger partial charge in [-0.25, -0.2) is 0 Å². The van der Waals surface area contributed by atoms with Crippen LogP contribution in [0.2, 0.25) is 0 Å². The van der Waals surface area contributed by atoms with E-state index in [1.54, 1.807) is 0 Å². The first-order valence-electron chi connectivity index (χ1n) is 6.28. The summed E-state index contributed by atoms with van der Waals surface area (Å²) in [6, 6.07) is 9.78. The molecule has 0 saturated carbocycles. The molecule has 17 heavy (non-hydrogen) atoms. The molecule has 1 atom stereocenters. The number of rotatable bonds is 6. The van der Waals surface area contributed by atoms with Gasteiger partial charge in [0.1, 0.15) is 0 Å². The van der Waals surface area contributed by atoms with Gasteiger partial charge in [-0.15, -0.1) is 0 Å². The highest BCUT2D eigenvalue weighted by atomic mass is 16.2. The van der Waals surface area contributed by atoms with Crippen LogP contribution < -0.4 is 5.73 Å².